The Morgan fingerprint density at radius 1 is 1.18 bits per heavy atom. The van der Waals surface area contributed by atoms with Crippen LogP contribution in [-0.4, -0.2) is 17.3 Å². The van der Waals surface area contributed by atoms with Gasteiger partial charge in [-0.15, -0.1) is 0 Å². The molecule has 1 rings (SSSR count). The van der Waals surface area contributed by atoms with E-state index in [0.717, 1.165) is 0 Å². The Morgan fingerprint density at radius 2 is 1.82 bits per heavy atom. The molecule has 4 nitrogen and oxygen atoms in total. The van der Waals surface area contributed by atoms with E-state index in [1.807, 2.05) is 0 Å². The van der Waals surface area contributed by atoms with Gasteiger partial charge in [0.15, 0.2) is 10.2 Å². The Hall–Kier alpha value is -1.47. The van der Waals surface area contributed by atoms with E-state index in [0.29, 0.717) is 21.5 Å². The molecule has 0 aromatic heterocycles. The van der Waals surface area contributed by atoms with Crippen LogP contribution in [0.3, 0.4) is 0 Å². The van der Waals surface area contributed by atoms with Crippen LogP contribution < -0.4 is 21.5 Å². The summed E-state index contributed by atoms with van der Waals surface area (Å²) in [5.41, 5.74) is 6.47. The molecule has 0 saturated carbocycles. The summed E-state index contributed by atoms with van der Waals surface area (Å²) < 4.78 is 13.2. The average Bonchev–Trinajstić information content (AvgIpc) is 2.31. The topological polar surface area (TPSA) is 48.1 Å². The number of hydrogen-bond acceptors (Lipinski definition) is 2. The first-order valence-corrected chi connectivity index (χ1v) is 5.65. The van der Waals surface area contributed by atoms with Crippen molar-refractivity contribution in [2.45, 2.75) is 6.92 Å². The fourth-order valence-corrected chi connectivity index (χ4v) is 1.23. The van der Waals surface area contributed by atoms with E-state index in [-0.39, 0.29) is 5.82 Å². The van der Waals surface area contributed by atoms with Crippen molar-refractivity contribution in [3.8, 4) is 0 Å². The first-order chi connectivity index (χ1) is 8.02. The minimum Gasteiger partial charge on any atom is -0.364 e. The van der Waals surface area contributed by atoms with E-state index in [4.69, 9.17) is 24.4 Å². The van der Waals surface area contributed by atoms with Crippen molar-refractivity contribution in [3.05, 3.63) is 29.6 Å². The molecule has 0 aliphatic carbocycles. The summed E-state index contributed by atoms with van der Waals surface area (Å²) in [4.78, 5) is 0. The fourth-order valence-electron chi connectivity index (χ4n) is 1.01. The van der Waals surface area contributed by atoms with Crippen LogP contribution in [0.15, 0.2) is 18.2 Å². The van der Waals surface area contributed by atoms with Gasteiger partial charge in [0.2, 0.25) is 0 Å². The van der Waals surface area contributed by atoms with Crippen LogP contribution in [0.4, 0.5) is 10.1 Å². The van der Waals surface area contributed by atoms with Crippen molar-refractivity contribution in [1.82, 2.24) is 16.2 Å². The first kappa shape index (κ1) is 13.6. The number of anilines is 1. The van der Waals surface area contributed by atoms with Crippen molar-refractivity contribution in [2.24, 2.45) is 0 Å². The molecule has 17 heavy (non-hydrogen) atoms. The zero-order chi connectivity index (χ0) is 12.8. The first-order valence-electron chi connectivity index (χ1n) is 4.84. The fraction of sp³-hybridized carbons (Fsp3) is 0.200. The molecule has 0 aliphatic heterocycles. The Balaban J connectivity index is 2.50. The van der Waals surface area contributed by atoms with Gasteiger partial charge in [-0.2, -0.15) is 0 Å². The SMILES string of the molecule is CNC(=S)NNC(=S)Nc1ccc(C)c(F)c1. The largest absolute Gasteiger partial charge is 0.364 e. The molecule has 0 amide bonds. The summed E-state index contributed by atoms with van der Waals surface area (Å²) in [6.07, 6.45) is 0. The average molecular weight is 272 g/mol. The van der Waals surface area contributed by atoms with Crippen molar-refractivity contribution >= 4 is 40.3 Å². The lowest BCUT2D eigenvalue weighted by atomic mass is 10.2. The molecule has 0 heterocycles. The molecular weight excluding hydrogens is 259 g/mol. The maximum absolute atomic E-state index is 13.2. The predicted molar refractivity (Wildman–Crippen MR) is 75.3 cm³/mol. The lowest BCUT2D eigenvalue weighted by Gasteiger charge is -2.12. The molecule has 0 atom stereocenters. The molecular formula is C10H13FN4S2. The van der Waals surface area contributed by atoms with Gasteiger partial charge in [-0.25, -0.2) is 4.39 Å². The van der Waals surface area contributed by atoms with Gasteiger partial charge in [0.05, 0.1) is 0 Å². The number of hydrazine groups is 1. The zero-order valence-corrected chi connectivity index (χ0v) is 11.1. The van der Waals surface area contributed by atoms with Gasteiger partial charge in [-0.05, 0) is 49.1 Å². The summed E-state index contributed by atoms with van der Waals surface area (Å²) in [5, 5.41) is 6.23. The summed E-state index contributed by atoms with van der Waals surface area (Å²) in [6, 6.07) is 4.79. The van der Waals surface area contributed by atoms with Crippen LogP contribution in [0.25, 0.3) is 0 Å². The summed E-state index contributed by atoms with van der Waals surface area (Å²) in [5.74, 6) is -0.281. The van der Waals surface area contributed by atoms with E-state index in [9.17, 15) is 4.39 Å². The van der Waals surface area contributed by atoms with Crippen molar-refractivity contribution in [2.75, 3.05) is 12.4 Å². The minimum atomic E-state index is -0.281. The Bertz CT molecular complexity index is 436. The van der Waals surface area contributed by atoms with Gasteiger partial charge in [0.25, 0.3) is 0 Å². The number of halogens is 1. The molecule has 0 fully saturated rings. The summed E-state index contributed by atoms with van der Waals surface area (Å²) in [6.45, 7) is 1.70. The maximum Gasteiger partial charge on any atom is 0.189 e. The van der Waals surface area contributed by atoms with Crippen LogP contribution in [0.5, 0.6) is 0 Å². The van der Waals surface area contributed by atoms with Gasteiger partial charge in [0, 0.05) is 12.7 Å². The van der Waals surface area contributed by atoms with E-state index >= 15 is 0 Å². The molecule has 4 N–H and O–H groups in total. The third-order valence-electron chi connectivity index (χ3n) is 1.95. The van der Waals surface area contributed by atoms with Crippen molar-refractivity contribution < 1.29 is 4.39 Å². The number of benzene rings is 1. The summed E-state index contributed by atoms with van der Waals surface area (Å²) >= 11 is 9.83. The Kier molecular flexibility index (Phi) is 5.05. The number of hydrogen-bond donors (Lipinski definition) is 4. The third kappa shape index (κ3) is 4.49. The molecule has 0 radical (unpaired) electrons. The molecule has 0 spiro atoms. The summed E-state index contributed by atoms with van der Waals surface area (Å²) in [7, 11) is 1.68. The quantitative estimate of drug-likeness (QED) is 0.458. The molecule has 1 aromatic rings. The second-order valence-electron chi connectivity index (χ2n) is 3.25. The van der Waals surface area contributed by atoms with Gasteiger partial charge >= 0.3 is 0 Å². The van der Waals surface area contributed by atoms with Crippen molar-refractivity contribution in [3.63, 3.8) is 0 Å². The molecule has 0 saturated heterocycles. The Labute approximate surface area is 110 Å². The highest BCUT2D eigenvalue weighted by Gasteiger charge is 2.01. The Morgan fingerprint density at radius 3 is 2.41 bits per heavy atom. The second kappa shape index (κ2) is 6.31. The highest BCUT2D eigenvalue weighted by molar-refractivity contribution is 7.80. The number of rotatable bonds is 1. The van der Waals surface area contributed by atoms with Crippen LogP contribution in [0.2, 0.25) is 0 Å². The highest BCUT2D eigenvalue weighted by atomic mass is 32.1. The maximum atomic E-state index is 13.2. The molecule has 0 aliphatic rings. The predicted octanol–water partition coefficient (Wildman–Crippen LogP) is 1.43. The van der Waals surface area contributed by atoms with E-state index in [2.05, 4.69) is 21.5 Å². The lowest BCUT2D eigenvalue weighted by Crippen LogP contribution is -2.47. The monoisotopic (exact) mass is 272 g/mol. The van der Waals surface area contributed by atoms with Crippen LogP contribution in [0, 0.1) is 12.7 Å². The van der Waals surface area contributed by atoms with Crippen LogP contribution in [-0.2, 0) is 0 Å². The van der Waals surface area contributed by atoms with E-state index < -0.39 is 0 Å². The minimum absolute atomic E-state index is 0.281. The van der Waals surface area contributed by atoms with Crippen molar-refractivity contribution in [1.29, 1.82) is 0 Å². The molecule has 92 valence electrons. The molecule has 0 unspecified atom stereocenters. The highest BCUT2D eigenvalue weighted by Crippen LogP contribution is 2.13. The normalized spacial score (nSPS) is 9.35. The van der Waals surface area contributed by atoms with Gasteiger partial charge in [0.1, 0.15) is 5.82 Å². The smallest absolute Gasteiger partial charge is 0.189 e. The standard InChI is InChI=1S/C10H13FN4S2/c1-6-3-4-7(5-8(6)11)13-10(17)15-14-9(16)12-2/h3-5H,1-2H3,(H2,12,14,16)(H2,13,15,17). The van der Waals surface area contributed by atoms with Gasteiger partial charge in [-0.3, -0.25) is 10.9 Å². The third-order valence-corrected chi connectivity index (χ3v) is 2.46. The van der Waals surface area contributed by atoms with Crippen LogP contribution in [0.1, 0.15) is 5.56 Å². The number of nitrogens with one attached hydrogen (secondary N) is 4. The second-order valence-corrected chi connectivity index (χ2v) is 4.06. The van der Waals surface area contributed by atoms with Gasteiger partial charge < -0.3 is 10.6 Å². The lowest BCUT2D eigenvalue weighted by molar-refractivity contribution is 0.619. The number of thiocarbonyl (C=S) groups is 2. The van der Waals surface area contributed by atoms with Gasteiger partial charge in [-0.1, -0.05) is 6.07 Å². The molecule has 1 aromatic carbocycles. The van der Waals surface area contributed by atoms with Crippen LogP contribution >= 0.6 is 24.4 Å². The number of aryl methyl sites for hydroxylation is 1. The molecule has 0 bridgehead atoms. The molecule has 7 heteroatoms. The van der Waals surface area contributed by atoms with E-state index in [1.54, 1.807) is 26.1 Å². The van der Waals surface area contributed by atoms with E-state index in [1.165, 1.54) is 6.07 Å². The zero-order valence-electron chi connectivity index (χ0n) is 9.43.